The van der Waals surface area contributed by atoms with Crippen molar-refractivity contribution >= 4 is 40.6 Å². The van der Waals surface area contributed by atoms with Crippen LogP contribution < -0.4 is 5.73 Å². The Kier molecular flexibility index (Phi) is 2.18. The molecule has 3 rings (SSSR count). The topological polar surface area (TPSA) is 124 Å². The number of hydrogen-bond donors (Lipinski definition) is 2. The van der Waals surface area contributed by atoms with Crippen molar-refractivity contribution in [3.05, 3.63) is 24.3 Å². The Bertz CT molecular complexity index is 774. The minimum atomic E-state index is -0.803. The first-order valence-corrected chi connectivity index (χ1v) is 5.22. The van der Waals surface area contributed by atoms with E-state index in [1.165, 1.54) is 6.08 Å². The minimum absolute atomic E-state index is 0.00274. The van der Waals surface area contributed by atoms with Gasteiger partial charge in [-0.2, -0.15) is 0 Å². The standard InChI is InChI=1S/C11H7N5O3/c1-2-5-13-7-8(12)15-9(16-10(7)14-5)4-3-6(17)19-11(4)18/h2-3H,1H2,(H3,12,13,14,15,16). The van der Waals surface area contributed by atoms with Crippen molar-refractivity contribution in [2.45, 2.75) is 0 Å². The molecule has 0 amide bonds. The maximum Gasteiger partial charge on any atom is 0.350 e. The number of nitrogens with zero attached hydrogens (tertiary/aromatic N) is 3. The number of hydrogen-bond acceptors (Lipinski definition) is 7. The molecule has 2 aromatic heterocycles. The minimum Gasteiger partial charge on any atom is -0.386 e. The lowest BCUT2D eigenvalue weighted by Gasteiger charge is -1.99. The number of carbonyl (C=O) groups is 2. The summed E-state index contributed by atoms with van der Waals surface area (Å²) >= 11 is 0. The summed E-state index contributed by atoms with van der Waals surface area (Å²) in [6.07, 6.45) is 2.51. The third-order valence-corrected chi connectivity index (χ3v) is 2.51. The monoisotopic (exact) mass is 257 g/mol. The fourth-order valence-corrected chi connectivity index (χ4v) is 1.66. The summed E-state index contributed by atoms with van der Waals surface area (Å²) in [5.74, 6) is -0.955. The summed E-state index contributed by atoms with van der Waals surface area (Å²) in [5.41, 5.74) is 6.44. The number of aromatic nitrogens is 4. The van der Waals surface area contributed by atoms with Gasteiger partial charge in [-0.15, -0.1) is 0 Å². The normalized spacial score (nSPS) is 14.6. The van der Waals surface area contributed by atoms with Crippen LogP contribution in [-0.2, 0) is 14.3 Å². The quantitative estimate of drug-likeness (QED) is 0.575. The first kappa shape index (κ1) is 11.1. The second kappa shape index (κ2) is 3.73. The van der Waals surface area contributed by atoms with Gasteiger partial charge in [-0.05, 0) is 6.08 Å². The molecule has 0 unspecified atom stereocenters. The summed E-state index contributed by atoms with van der Waals surface area (Å²) in [6, 6.07) is 0. The number of nitrogens with one attached hydrogen (secondary N) is 1. The van der Waals surface area contributed by atoms with Crippen molar-refractivity contribution in [1.29, 1.82) is 0 Å². The van der Waals surface area contributed by atoms with Gasteiger partial charge in [0, 0.05) is 6.08 Å². The molecule has 0 aromatic carbocycles. The van der Waals surface area contributed by atoms with Crippen molar-refractivity contribution in [2.24, 2.45) is 0 Å². The molecule has 1 aliphatic rings. The fraction of sp³-hybridized carbons (Fsp3) is 0. The highest BCUT2D eigenvalue weighted by Crippen LogP contribution is 2.22. The van der Waals surface area contributed by atoms with E-state index in [1.807, 2.05) is 0 Å². The maximum atomic E-state index is 11.4. The first-order valence-electron chi connectivity index (χ1n) is 5.22. The van der Waals surface area contributed by atoms with Crippen molar-refractivity contribution in [1.82, 2.24) is 19.9 Å². The molecule has 0 radical (unpaired) electrons. The average molecular weight is 257 g/mol. The highest BCUT2D eigenvalue weighted by molar-refractivity contribution is 6.27. The molecular formula is C11H7N5O3. The van der Waals surface area contributed by atoms with Gasteiger partial charge in [0.05, 0.1) is 0 Å². The van der Waals surface area contributed by atoms with Gasteiger partial charge in [0.15, 0.2) is 17.3 Å². The van der Waals surface area contributed by atoms with E-state index in [0.29, 0.717) is 11.3 Å². The molecule has 0 spiro atoms. The van der Waals surface area contributed by atoms with Crippen LogP contribution in [0.2, 0.25) is 0 Å². The Morgan fingerprint density at radius 1 is 1.32 bits per heavy atom. The van der Waals surface area contributed by atoms with Crippen LogP contribution in [0.1, 0.15) is 11.6 Å². The molecule has 0 saturated carbocycles. The number of esters is 2. The van der Waals surface area contributed by atoms with Gasteiger partial charge < -0.3 is 15.5 Å². The number of nitrogens with two attached hydrogens (primary N) is 1. The molecule has 0 atom stereocenters. The second-order valence-corrected chi connectivity index (χ2v) is 3.72. The maximum absolute atomic E-state index is 11.4. The Morgan fingerprint density at radius 3 is 2.74 bits per heavy atom. The highest BCUT2D eigenvalue weighted by atomic mass is 16.6. The summed E-state index contributed by atoms with van der Waals surface area (Å²) in [4.78, 5) is 37.4. The number of anilines is 1. The van der Waals surface area contributed by atoms with Gasteiger partial charge in [0.1, 0.15) is 16.9 Å². The van der Waals surface area contributed by atoms with E-state index in [2.05, 4.69) is 31.3 Å². The number of cyclic esters (lactones) is 2. The molecule has 94 valence electrons. The number of imidazole rings is 1. The van der Waals surface area contributed by atoms with Crippen molar-refractivity contribution < 1.29 is 14.3 Å². The zero-order chi connectivity index (χ0) is 13.6. The van der Waals surface area contributed by atoms with Crippen molar-refractivity contribution in [2.75, 3.05) is 5.73 Å². The first-order chi connectivity index (χ1) is 9.08. The molecule has 0 fully saturated rings. The van der Waals surface area contributed by atoms with Crippen LogP contribution in [0.5, 0.6) is 0 Å². The van der Waals surface area contributed by atoms with Crippen LogP contribution >= 0.6 is 0 Å². The summed E-state index contributed by atoms with van der Waals surface area (Å²) in [5, 5.41) is 0. The SMILES string of the molecule is C=Cc1nc2nc(C3=CC(=O)OC3=O)nc(N)c2[nH]1. The molecule has 3 N–H and O–H groups in total. The molecule has 0 bridgehead atoms. The van der Waals surface area contributed by atoms with E-state index in [9.17, 15) is 9.59 Å². The zero-order valence-electron chi connectivity index (χ0n) is 9.51. The van der Waals surface area contributed by atoms with Crippen LogP contribution in [-0.4, -0.2) is 31.9 Å². The van der Waals surface area contributed by atoms with E-state index in [-0.39, 0.29) is 22.9 Å². The summed E-state index contributed by atoms with van der Waals surface area (Å²) in [7, 11) is 0. The molecule has 1 aliphatic heterocycles. The van der Waals surface area contributed by atoms with Crippen LogP contribution in [0.15, 0.2) is 12.7 Å². The van der Waals surface area contributed by atoms with E-state index in [4.69, 9.17) is 5.73 Å². The van der Waals surface area contributed by atoms with Gasteiger partial charge in [-0.25, -0.2) is 24.5 Å². The Balaban J connectivity index is 2.21. The summed E-state index contributed by atoms with van der Waals surface area (Å²) in [6.45, 7) is 3.56. The summed E-state index contributed by atoms with van der Waals surface area (Å²) < 4.78 is 4.37. The molecule has 2 aromatic rings. The molecule has 8 nitrogen and oxygen atoms in total. The van der Waals surface area contributed by atoms with E-state index in [0.717, 1.165) is 6.08 Å². The van der Waals surface area contributed by atoms with Crippen LogP contribution in [0.25, 0.3) is 22.8 Å². The van der Waals surface area contributed by atoms with Crippen LogP contribution in [0.3, 0.4) is 0 Å². The third kappa shape index (κ3) is 1.66. The third-order valence-electron chi connectivity index (χ3n) is 2.51. The van der Waals surface area contributed by atoms with Crippen molar-refractivity contribution in [3.63, 3.8) is 0 Å². The van der Waals surface area contributed by atoms with Gasteiger partial charge in [-0.3, -0.25) is 0 Å². The lowest BCUT2D eigenvalue weighted by Crippen LogP contribution is -2.06. The van der Waals surface area contributed by atoms with Crippen molar-refractivity contribution in [3.8, 4) is 0 Å². The molecule has 3 heterocycles. The Labute approximate surface area is 106 Å². The number of aromatic amines is 1. The molecule has 8 heteroatoms. The number of fused-ring (bicyclic) bond motifs is 1. The Morgan fingerprint density at radius 2 is 2.11 bits per heavy atom. The van der Waals surface area contributed by atoms with Crippen LogP contribution in [0, 0.1) is 0 Å². The predicted octanol–water partition coefficient (Wildman–Crippen LogP) is 0.0449. The van der Waals surface area contributed by atoms with E-state index < -0.39 is 11.9 Å². The number of rotatable bonds is 2. The van der Waals surface area contributed by atoms with Gasteiger partial charge in [0.25, 0.3) is 0 Å². The molecule has 0 saturated heterocycles. The molecule has 0 aliphatic carbocycles. The second-order valence-electron chi connectivity index (χ2n) is 3.72. The number of nitrogen functional groups attached to an aromatic ring is 1. The molecular weight excluding hydrogens is 250 g/mol. The predicted molar refractivity (Wildman–Crippen MR) is 65.3 cm³/mol. The van der Waals surface area contributed by atoms with Gasteiger partial charge >= 0.3 is 11.9 Å². The molecule has 19 heavy (non-hydrogen) atoms. The average Bonchev–Trinajstić information content (AvgIpc) is 2.92. The van der Waals surface area contributed by atoms with Crippen LogP contribution in [0.4, 0.5) is 5.82 Å². The fourth-order valence-electron chi connectivity index (χ4n) is 1.66. The number of ether oxygens (including phenoxy) is 1. The zero-order valence-corrected chi connectivity index (χ0v) is 9.51. The highest BCUT2D eigenvalue weighted by Gasteiger charge is 2.28. The smallest absolute Gasteiger partial charge is 0.350 e. The lowest BCUT2D eigenvalue weighted by molar-refractivity contribution is -0.149. The lowest BCUT2D eigenvalue weighted by atomic mass is 10.2. The Hall–Kier alpha value is -3.03. The number of H-pyrrole nitrogens is 1. The largest absolute Gasteiger partial charge is 0.386 e. The van der Waals surface area contributed by atoms with Gasteiger partial charge in [-0.1, -0.05) is 6.58 Å². The van der Waals surface area contributed by atoms with E-state index in [1.54, 1.807) is 0 Å². The van der Waals surface area contributed by atoms with Gasteiger partial charge in [0.2, 0.25) is 0 Å². The number of carbonyl (C=O) groups excluding carboxylic acids is 2. The van der Waals surface area contributed by atoms with E-state index >= 15 is 0 Å².